The number of thiazole rings is 1. The minimum atomic E-state index is -2.60. The maximum absolute atomic E-state index is 10.8. The highest BCUT2D eigenvalue weighted by molar-refractivity contribution is 7.70. The summed E-state index contributed by atoms with van der Waals surface area (Å²) in [6, 6.07) is 12.0. The van der Waals surface area contributed by atoms with Crippen molar-refractivity contribution in [3.05, 3.63) is 54.4 Å². The van der Waals surface area contributed by atoms with Gasteiger partial charge < -0.3 is 14.6 Å². The van der Waals surface area contributed by atoms with Gasteiger partial charge in [-0.3, -0.25) is 0 Å². The Morgan fingerprint density at radius 1 is 1.08 bits per heavy atom. The van der Waals surface area contributed by atoms with Crippen molar-refractivity contribution in [2.75, 3.05) is 37.7 Å². The van der Waals surface area contributed by atoms with Crippen LogP contribution in [0.4, 0.5) is 5.82 Å². The van der Waals surface area contributed by atoms with Crippen molar-refractivity contribution in [1.82, 2.24) is 29.6 Å². The van der Waals surface area contributed by atoms with Gasteiger partial charge in [-0.25, -0.2) is 33.1 Å². The molecule has 12 heteroatoms. The van der Waals surface area contributed by atoms with Gasteiger partial charge in [0.05, 0.1) is 13.2 Å². The number of aromatic nitrogens is 5. The maximum atomic E-state index is 10.8. The van der Waals surface area contributed by atoms with Crippen LogP contribution in [0, 0.1) is 0 Å². The van der Waals surface area contributed by atoms with E-state index in [9.17, 15) is 8.42 Å². The number of ether oxygens (including phenoxy) is 1. The molecule has 0 radical (unpaired) electrons. The molecule has 10 nitrogen and oxygen atoms in total. The second kappa shape index (κ2) is 9.90. The number of aromatic amines is 1. The second-order valence-electron chi connectivity index (χ2n) is 8.40. The molecule has 1 saturated heterocycles. The average Bonchev–Trinajstić information content (AvgIpc) is 3.55. The highest BCUT2D eigenvalue weighted by atomic mass is 32.2. The summed E-state index contributed by atoms with van der Waals surface area (Å²) in [7, 11) is -2.60. The third-order valence-corrected chi connectivity index (χ3v) is 7.52. The number of nitrogens with one attached hydrogen (secondary N) is 2. The zero-order chi connectivity index (χ0) is 24.5. The van der Waals surface area contributed by atoms with Gasteiger partial charge in [-0.15, -0.1) is 0 Å². The number of fused-ring (bicyclic) bond motifs is 2. The normalized spacial score (nSPS) is 14.3. The van der Waals surface area contributed by atoms with Crippen LogP contribution in [-0.2, 0) is 22.0 Å². The number of thiol groups is 1. The van der Waals surface area contributed by atoms with Crippen LogP contribution < -0.4 is 9.62 Å². The largest absolute Gasteiger partial charge is 0.378 e. The van der Waals surface area contributed by atoms with Crippen molar-refractivity contribution in [2.24, 2.45) is 0 Å². The fraction of sp³-hybridized carbons (Fsp3) is 0.250. The molecule has 0 amide bonds. The number of anilines is 1. The van der Waals surface area contributed by atoms with Crippen LogP contribution in [0.25, 0.3) is 43.3 Å². The molecule has 0 aliphatic carbocycles. The molecule has 184 valence electrons. The summed E-state index contributed by atoms with van der Waals surface area (Å²) in [6.07, 6.45) is 4.25. The molecule has 5 heterocycles. The highest BCUT2D eigenvalue weighted by Crippen LogP contribution is 2.35. The molecule has 4 aromatic heterocycles. The van der Waals surface area contributed by atoms with Gasteiger partial charge >= 0.3 is 0 Å². The van der Waals surface area contributed by atoms with E-state index in [-0.39, 0.29) is 0 Å². The van der Waals surface area contributed by atoms with Crippen LogP contribution in [0.2, 0.25) is 0 Å². The summed E-state index contributed by atoms with van der Waals surface area (Å²) in [6.45, 7) is 3.10. The fourth-order valence-corrected chi connectivity index (χ4v) is 5.49. The molecule has 1 aromatic carbocycles. The Morgan fingerprint density at radius 3 is 2.83 bits per heavy atom. The topological polar surface area (TPSA) is 126 Å². The standard InChI is InChI=1S/C24H23N7O3S2/c32-36(33)27-7-4-15-2-1-3-17(12-15)23-28-19-22(31-8-10-34-11-9-31)29-21(30-24(19)35-23)18-13-16-5-6-25-20(16)26-14-18/h1-3,5-6,12-14,36H,4,7-11H2,(H,25,26)(H,27,32,33). The van der Waals surface area contributed by atoms with E-state index in [4.69, 9.17) is 19.7 Å². The van der Waals surface area contributed by atoms with E-state index in [0.29, 0.717) is 32.0 Å². The van der Waals surface area contributed by atoms with E-state index in [1.807, 2.05) is 42.6 Å². The van der Waals surface area contributed by atoms with E-state index in [1.54, 1.807) is 6.20 Å². The van der Waals surface area contributed by atoms with Crippen molar-refractivity contribution in [3.8, 4) is 22.0 Å². The van der Waals surface area contributed by atoms with Crippen molar-refractivity contribution >= 4 is 49.4 Å². The zero-order valence-electron chi connectivity index (χ0n) is 19.2. The van der Waals surface area contributed by atoms with E-state index in [1.165, 1.54) is 11.3 Å². The van der Waals surface area contributed by atoms with Gasteiger partial charge in [0.25, 0.3) is 0 Å². The zero-order valence-corrected chi connectivity index (χ0v) is 20.9. The van der Waals surface area contributed by atoms with Crippen LogP contribution in [0.5, 0.6) is 0 Å². The Bertz CT molecular complexity index is 1610. The van der Waals surface area contributed by atoms with Gasteiger partial charge in [0.2, 0.25) is 10.9 Å². The molecule has 2 N–H and O–H groups in total. The SMILES string of the molecule is O=[SH](=O)NCCc1cccc(-c2nc3c(N4CCOCC4)nc(-c4cnc5[nH]ccc5c4)nc3s2)c1. The van der Waals surface area contributed by atoms with Gasteiger partial charge in [-0.1, -0.05) is 29.5 Å². The van der Waals surface area contributed by atoms with Crippen molar-refractivity contribution < 1.29 is 13.2 Å². The van der Waals surface area contributed by atoms with Crippen LogP contribution >= 0.6 is 11.3 Å². The summed E-state index contributed by atoms with van der Waals surface area (Å²) >= 11 is 1.52. The Kier molecular flexibility index (Phi) is 6.32. The Balaban J connectivity index is 1.42. The number of benzene rings is 1. The monoisotopic (exact) mass is 521 g/mol. The van der Waals surface area contributed by atoms with Crippen molar-refractivity contribution in [1.29, 1.82) is 0 Å². The summed E-state index contributed by atoms with van der Waals surface area (Å²) in [4.78, 5) is 25.4. The highest BCUT2D eigenvalue weighted by Gasteiger charge is 2.22. The molecule has 1 fully saturated rings. The average molecular weight is 522 g/mol. The predicted molar refractivity (Wildman–Crippen MR) is 141 cm³/mol. The number of hydrogen-bond donors (Lipinski definition) is 3. The quantitative estimate of drug-likeness (QED) is 0.279. The smallest absolute Gasteiger partial charge is 0.201 e. The van der Waals surface area contributed by atoms with Crippen molar-refractivity contribution in [3.63, 3.8) is 0 Å². The third-order valence-electron chi connectivity index (χ3n) is 6.04. The second-order valence-corrected chi connectivity index (χ2v) is 10.2. The molecule has 6 rings (SSSR count). The summed E-state index contributed by atoms with van der Waals surface area (Å²) in [5.41, 5.74) is 4.44. The molecule has 0 spiro atoms. The Labute approximate surface area is 212 Å². The number of hydrogen-bond acceptors (Lipinski definition) is 9. The fourth-order valence-electron chi connectivity index (χ4n) is 4.27. The summed E-state index contributed by atoms with van der Waals surface area (Å²) < 4.78 is 29.6. The molecule has 1 aliphatic rings. The van der Waals surface area contributed by atoms with E-state index < -0.39 is 10.9 Å². The first-order valence-corrected chi connectivity index (χ1v) is 13.6. The lowest BCUT2D eigenvalue weighted by Gasteiger charge is -2.28. The van der Waals surface area contributed by atoms with Crippen LogP contribution in [0.1, 0.15) is 5.56 Å². The first kappa shape index (κ1) is 23.0. The van der Waals surface area contributed by atoms with Gasteiger partial charge in [-0.05, 0) is 30.2 Å². The van der Waals surface area contributed by atoms with Crippen LogP contribution in [0.15, 0.2) is 48.8 Å². The van der Waals surface area contributed by atoms with Gasteiger partial charge in [0.1, 0.15) is 21.0 Å². The maximum Gasteiger partial charge on any atom is 0.201 e. The minimum absolute atomic E-state index is 0.359. The molecule has 0 atom stereocenters. The number of morpholine rings is 1. The minimum Gasteiger partial charge on any atom is -0.378 e. The molecule has 1 aliphatic heterocycles. The third kappa shape index (κ3) is 4.67. The molecular formula is C24H23N7O3S2. The van der Waals surface area contributed by atoms with Gasteiger partial charge in [0, 0.05) is 48.5 Å². The van der Waals surface area contributed by atoms with Crippen LogP contribution in [0.3, 0.4) is 0 Å². The lowest BCUT2D eigenvalue weighted by atomic mass is 10.1. The molecule has 5 aromatic rings. The van der Waals surface area contributed by atoms with E-state index in [2.05, 4.69) is 19.6 Å². The molecule has 36 heavy (non-hydrogen) atoms. The lowest BCUT2D eigenvalue weighted by molar-refractivity contribution is 0.122. The Hall–Kier alpha value is -3.45. The number of pyridine rings is 1. The molecule has 0 saturated carbocycles. The molecule has 0 unspecified atom stereocenters. The Morgan fingerprint density at radius 2 is 1.97 bits per heavy atom. The van der Waals surface area contributed by atoms with Crippen molar-refractivity contribution in [2.45, 2.75) is 6.42 Å². The van der Waals surface area contributed by atoms with Gasteiger partial charge in [0.15, 0.2) is 11.6 Å². The number of rotatable bonds is 7. The number of H-pyrrole nitrogens is 1. The molecular weight excluding hydrogens is 498 g/mol. The number of nitrogens with zero attached hydrogens (tertiary/aromatic N) is 5. The molecule has 0 bridgehead atoms. The summed E-state index contributed by atoms with van der Waals surface area (Å²) in [5, 5.41) is 1.84. The summed E-state index contributed by atoms with van der Waals surface area (Å²) in [5.74, 6) is 1.41. The van der Waals surface area contributed by atoms with E-state index >= 15 is 0 Å². The predicted octanol–water partition coefficient (Wildman–Crippen LogP) is 2.79. The van der Waals surface area contributed by atoms with Crippen LogP contribution in [-0.4, -0.2) is 66.2 Å². The van der Waals surface area contributed by atoms with E-state index in [0.717, 1.165) is 62.0 Å². The first-order valence-electron chi connectivity index (χ1n) is 11.6. The van der Waals surface area contributed by atoms with Gasteiger partial charge in [-0.2, -0.15) is 0 Å². The lowest BCUT2D eigenvalue weighted by Crippen LogP contribution is -2.37. The first-order chi connectivity index (χ1) is 17.6.